The van der Waals surface area contributed by atoms with Gasteiger partial charge in [-0.25, -0.2) is 4.48 Å². The van der Waals surface area contributed by atoms with Crippen LogP contribution in [0.15, 0.2) is 53.9 Å². The van der Waals surface area contributed by atoms with Gasteiger partial charge in [0.05, 0.1) is 5.75 Å². The molecule has 0 bridgehead atoms. The predicted molar refractivity (Wildman–Crippen MR) is 91.3 cm³/mol. The zero-order chi connectivity index (χ0) is 15.3. The number of quaternary nitrogens is 1. The van der Waals surface area contributed by atoms with Gasteiger partial charge in [0, 0.05) is 30.1 Å². The molecule has 0 radical (unpaired) electrons. The van der Waals surface area contributed by atoms with E-state index in [0.717, 1.165) is 40.2 Å². The maximum atomic E-state index is 5.49. The van der Waals surface area contributed by atoms with Crippen molar-refractivity contribution in [1.29, 1.82) is 0 Å². The van der Waals surface area contributed by atoms with Gasteiger partial charge in [-0.2, -0.15) is 4.99 Å². The number of aliphatic imine (C=N–C) groups is 1. The van der Waals surface area contributed by atoms with Crippen molar-refractivity contribution in [2.24, 2.45) is 4.99 Å². The number of ether oxygens (including phenoxy) is 2. The molecule has 1 atom stereocenters. The van der Waals surface area contributed by atoms with Gasteiger partial charge in [-0.1, -0.05) is 0 Å². The van der Waals surface area contributed by atoms with Gasteiger partial charge >= 0.3 is 0 Å². The fourth-order valence-corrected chi connectivity index (χ4v) is 4.40. The fourth-order valence-electron chi connectivity index (χ4n) is 3.19. The number of fused-ring (bicyclic) bond motifs is 2. The molecule has 114 valence electrons. The normalized spacial score (nSPS) is 24.3. The number of amidine groups is 1. The van der Waals surface area contributed by atoms with Crippen molar-refractivity contribution >= 4 is 28.3 Å². The maximum Gasteiger partial charge on any atom is 0.274 e. The molecule has 0 spiro atoms. The predicted octanol–water partition coefficient (Wildman–Crippen LogP) is 3.23. The lowest BCUT2D eigenvalue weighted by Crippen LogP contribution is -2.42. The topological polar surface area (TPSA) is 43.7 Å². The van der Waals surface area contributed by atoms with Crippen molar-refractivity contribution in [2.75, 3.05) is 19.1 Å². The van der Waals surface area contributed by atoms with E-state index in [1.165, 1.54) is 5.69 Å². The Hall–Kier alpha value is -2.31. The number of benzene rings is 1. The van der Waals surface area contributed by atoms with Gasteiger partial charge in [0.25, 0.3) is 5.17 Å². The van der Waals surface area contributed by atoms with E-state index >= 15 is 0 Å². The fraction of sp³-hybridized carbons (Fsp3) is 0.176. The second-order valence-corrected chi connectivity index (χ2v) is 6.69. The molecule has 23 heavy (non-hydrogen) atoms. The summed E-state index contributed by atoms with van der Waals surface area (Å²) in [6.07, 6.45) is 5.92. The number of rotatable bonds is 2. The van der Waals surface area contributed by atoms with Crippen LogP contribution in [-0.2, 0) is 0 Å². The molecule has 0 amide bonds. The molecule has 5 nitrogen and oxygen atoms in total. The summed E-state index contributed by atoms with van der Waals surface area (Å²) in [5.41, 5.74) is 3.25. The Bertz CT molecular complexity index is 850. The molecule has 3 aliphatic rings. The van der Waals surface area contributed by atoms with Crippen LogP contribution in [-0.4, -0.2) is 29.2 Å². The summed E-state index contributed by atoms with van der Waals surface area (Å²) in [5, 5.41) is 1.13. The smallest absolute Gasteiger partial charge is 0.274 e. The van der Waals surface area contributed by atoms with Crippen molar-refractivity contribution in [3.8, 4) is 11.5 Å². The van der Waals surface area contributed by atoms with Gasteiger partial charge in [-0.05, 0) is 30.0 Å². The van der Waals surface area contributed by atoms with E-state index in [-0.39, 0.29) is 0 Å². The number of hydrogen-bond donors (Lipinski definition) is 0. The quantitative estimate of drug-likeness (QED) is 0.796. The minimum atomic E-state index is 0.291. The first-order valence-electron chi connectivity index (χ1n) is 7.48. The Morgan fingerprint density at radius 1 is 1.04 bits per heavy atom. The third kappa shape index (κ3) is 1.92. The van der Waals surface area contributed by atoms with E-state index in [4.69, 9.17) is 14.5 Å². The van der Waals surface area contributed by atoms with Gasteiger partial charge in [-0.3, -0.25) is 4.98 Å². The molecule has 3 aliphatic heterocycles. The van der Waals surface area contributed by atoms with Crippen LogP contribution in [0.5, 0.6) is 11.5 Å². The number of hydrogen-bond acceptors (Lipinski definition) is 5. The van der Waals surface area contributed by atoms with Crippen LogP contribution in [0.1, 0.15) is 5.56 Å². The second-order valence-electron chi connectivity index (χ2n) is 5.62. The van der Waals surface area contributed by atoms with Crippen molar-refractivity contribution < 1.29 is 9.47 Å². The van der Waals surface area contributed by atoms with Crippen LogP contribution >= 0.6 is 11.8 Å². The Morgan fingerprint density at radius 2 is 1.91 bits per heavy atom. The summed E-state index contributed by atoms with van der Waals surface area (Å²) < 4.78 is 11.6. The van der Waals surface area contributed by atoms with Crippen LogP contribution in [0.25, 0.3) is 5.70 Å². The highest BCUT2D eigenvalue weighted by atomic mass is 32.2. The average Bonchev–Trinajstić information content (AvgIpc) is 3.28. The number of pyridine rings is 1. The van der Waals surface area contributed by atoms with E-state index in [0.29, 0.717) is 11.3 Å². The summed E-state index contributed by atoms with van der Waals surface area (Å²) in [6, 6.07) is 10.1. The molecule has 0 aliphatic carbocycles. The largest absolute Gasteiger partial charge is 0.454 e. The highest BCUT2D eigenvalue weighted by Gasteiger charge is 2.45. The van der Waals surface area contributed by atoms with E-state index in [9.17, 15) is 0 Å². The molecule has 2 aromatic rings. The van der Waals surface area contributed by atoms with E-state index in [1.807, 2.05) is 42.4 Å². The summed E-state index contributed by atoms with van der Waals surface area (Å²) >= 11 is 1.82. The van der Waals surface area contributed by atoms with Crippen LogP contribution in [0.2, 0.25) is 0 Å². The third-order valence-electron chi connectivity index (χ3n) is 4.37. The molecule has 4 heterocycles. The molecule has 1 aromatic heterocycles. The monoisotopic (exact) mass is 324 g/mol. The van der Waals surface area contributed by atoms with Crippen LogP contribution in [0.3, 0.4) is 0 Å². The highest BCUT2D eigenvalue weighted by Crippen LogP contribution is 2.43. The second kappa shape index (κ2) is 4.84. The minimum absolute atomic E-state index is 0.291. The first kappa shape index (κ1) is 13.2. The molecule has 6 heteroatoms. The Kier molecular flexibility index (Phi) is 2.77. The Morgan fingerprint density at radius 3 is 2.83 bits per heavy atom. The number of aromatic nitrogens is 1. The van der Waals surface area contributed by atoms with Crippen LogP contribution < -0.4 is 14.0 Å². The molecule has 1 unspecified atom stereocenters. The first-order chi connectivity index (χ1) is 11.4. The molecule has 5 rings (SSSR count). The molecular weight excluding hydrogens is 310 g/mol. The van der Waals surface area contributed by atoms with Crippen LogP contribution in [0.4, 0.5) is 5.69 Å². The Balaban J connectivity index is 1.61. The van der Waals surface area contributed by atoms with Gasteiger partial charge in [0.1, 0.15) is 24.1 Å². The SMILES string of the molecule is C1=C(c2ccc3c(c2)OCO3)N=C2SCC[N+]12c1ccncc1. The van der Waals surface area contributed by atoms with Gasteiger partial charge in [-0.15, -0.1) is 0 Å². The summed E-state index contributed by atoms with van der Waals surface area (Å²) in [6.45, 7) is 1.31. The summed E-state index contributed by atoms with van der Waals surface area (Å²) in [4.78, 5) is 9.03. The standard InChI is InChI=1S/C17H14N3O2S/c1-2-15-16(22-11-21-15)9-12(1)14-10-20(7-8-23-17(20)19-14)13-3-5-18-6-4-13/h1-6,9-10H,7-8,11H2/q+1. The van der Waals surface area contributed by atoms with Gasteiger partial charge < -0.3 is 9.47 Å². The number of nitrogens with zero attached hydrogens (tertiary/aromatic N) is 3. The first-order valence-corrected chi connectivity index (χ1v) is 8.47. The number of thioether (sulfide) groups is 1. The highest BCUT2D eigenvalue weighted by molar-refractivity contribution is 8.14. The summed E-state index contributed by atoms with van der Waals surface area (Å²) in [7, 11) is 0. The molecule has 0 N–H and O–H groups in total. The minimum Gasteiger partial charge on any atom is -0.454 e. The molecule has 0 saturated carbocycles. The lowest BCUT2D eigenvalue weighted by molar-refractivity contribution is 0.174. The lowest BCUT2D eigenvalue weighted by Gasteiger charge is -2.24. The maximum absolute atomic E-state index is 5.49. The van der Waals surface area contributed by atoms with E-state index < -0.39 is 0 Å². The average molecular weight is 324 g/mol. The third-order valence-corrected chi connectivity index (χ3v) is 5.43. The van der Waals surface area contributed by atoms with Crippen molar-refractivity contribution in [3.63, 3.8) is 0 Å². The summed E-state index contributed by atoms with van der Waals surface area (Å²) in [5.74, 6) is 2.66. The molecule has 1 saturated heterocycles. The van der Waals surface area contributed by atoms with Crippen LogP contribution in [0, 0.1) is 0 Å². The van der Waals surface area contributed by atoms with Crippen molar-refractivity contribution in [1.82, 2.24) is 9.47 Å². The van der Waals surface area contributed by atoms with Crippen molar-refractivity contribution in [2.45, 2.75) is 0 Å². The van der Waals surface area contributed by atoms with Gasteiger partial charge in [0.2, 0.25) is 6.79 Å². The van der Waals surface area contributed by atoms with E-state index in [1.54, 1.807) is 0 Å². The molecule has 1 aromatic carbocycles. The lowest BCUT2D eigenvalue weighted by atomic mass is 10.1. The van der Waals surface area contributed by atoms with Gasteiger partial charge in [0.15, 0.2) is 11.5 Å². The van der Waals surface area contributed by atoms with Crippen molar-refractivity contribution in [3.05, 3.63) is 54.5 Å². The zero-order valence-electron chi connectivity index (χ0n) is 12.3. The molecule has 1 fully saturated rings. The Labute approximate surface area is 137 Å². The molecular formula is C17H14N3O2S+. The zero-order valence-corrected chi connectivity index (χ0v) is 13.1. The van der Waals surface area contributed by atoms with E-state index in [2.05, 4.69) is 23.3 Å².